The molecule has 0 saturated carbocycles. The smallest absolute Gasteiger partial charge is 0.240 e. The van der Waals surface area contributed by atoms with Gasteiger partial charge in [-0.25, -0.2) is 13.1 Å². The Hall–Kier alpha value is -0.560. The highest BCUT2D eigenvalue weighted by Gasteiger charge is 2.17. The van der Waals surface area contributed by atoms with E-state index in [1.54, 1.807) is 12.1 Å². The zero-order chi connectivity index (χ0) is 15.7. The maximum absolute atomic E-state index is 12.4. The molecular weight excluding hydrogens is 304 g/mol. The van der Waals surface area contributed by atoms with Crippen LogP contribution >= 0.6 is 11.8 Å². The van der Waals surface area contributed by atoms with E-state index in [1.165, 1.54) is 0 Å². The summed E-state index contributed by atoms with van der Waals surface area (Å²) in [7, 11) is -1.55. The van der Waals surface area contributed by atoms with Gasteiger partial charge in [-0.2, -0.15) is 11.8 Å². The van der Waals surface area contributed by atoms with Crippen LogP contribution in [0.2, 0.25) is 0 Å². The van der Waals surface area contributed by atoms with Crippen molar-refractivity contribution in [1.29, 1.82) is 0 Å². The summed E-state index contributed by atoms with van der Waals surface area (Å²) in [4.78, 5) is 0.388. The number of nitrogens with one attached hydrogen (secondary N) is 2. The molecule has 1 aromatic carbocycles. The van der Waals surface area contributed by atoms with Gasteiger partial charge in [-0.3, -0.25) is 0 Å². The molecule has 2 N–H and O–H groups in total. The Morgan fingerprint density at radius 3 is 2.62 bits per heavy atom. The largest absolute Gasteiger partial charge is 0.316 e. The van der Waals surface area contributed by atoms with Gasteiger partial charge in [-0.05, 0) is 56.0 Å². The summed E-state index contributed by atoms with van der Waals surface area (Å²) in [5.74, 6) is 1.14. The summed E-state index contributed by atoms with van der Waals surface area (Å²) < 4.78 is 27.4. The van der Waals surface area contributed by atoms with Crippen LogP contribution < -0.4 is 10.0 Å². The molecule has 0 amide bonds. The van der Waals surface area contributed by atoms with Crippen LogP contribution in [-0.4, -0.2) is 34.0 Å². The molecule has 0 radical (unpaired) electrons. The Labute approximate surface area is 133 Å². The van der Waals surface area contributed by atoms with E-state index >= 15 is 0 Å². The van der Waals surface area contributed by atoms with Gasteiger partial charge in [0, 0.05) is 13.1 Å². The second-order valence-electron chi connectivity index (χ2n) is 5.02. The van der Waals surface area contributed by atoms with Gasteiger partial charge in [0.1, 0.15) is 0 Å². The summed E-state index contributed by atoms with van der Waals surface area (Å²) in [5, 5.41) is 3.06. The van der Waals surface area contributed by atoms with Crippen molar-refractivity contribution in [2.45, 2.75) is 37.6 Å². The number of thioether (sulfide) groups is 1. The highest BCUT2D eigenvalue weighted by Crippen LogP contribution is 2.18. The minimum atomic E-state index is -3.41. The second-order valence-corrected chi connectivity index (χ2v) is 7.74. The summed E-state index contributed by atoms with van der Waals surface area (Å²) >= 11 is 1.83. The van der Waals surface area contributed by atoms with Gasteiger partial charge in [0.05, 0.1) is 4.90 Å². The molecular formula is C15H26N2O2S2. The Balaban J connectivity index is 2.64. The van der Waals surface area contributed by atoms with Crippen LogP contribution in [0.1, 0.15) is 30.4 Å². The first kappa shape index (κ1) is 18.5. The van der Waals surface area contributed by atoms with Crippen LogP contribution in [0.15, 0.2) is 23.1 Å². The van der Waals surface area contributed by atoms with Gasteiger partial charge < -0.3 is 5.32 Å². The lowest BCUT2D eigenvalue weighted by atomic mass is 10.1. The van der Waals surface area contributed by atoms with E-state index < -0.39 is 10.0 Å². The molecule has 0 atom stereocenters. The number of unbranched alkanes of at least 4 members (excludes halogenated alkanes) is 2. The van der Waals surface area contributed by atoms with Gasteiger partial charge in [0.25, 0.3) is 0 Å². The number of hydrogen-bond acceptors (Lipinski definition) is 4. The number of benzene rings is 1. The molecule has 0 bridgehead atoms. The van der Waals surface area contributed by atoms with Crippen LogP contribution in [0, 0.1) is 6.92 Å². The lowest BCUT2D eigenvalue weighted by Gasteiger charge is -2.12. The molecule has 0 aliphatic heterocycles. The minimum absolute atomic E-state index is 0.388. The molecule has 6 heteroatoms. The fourth-order valence-electron chi connectivity index (χ4n) is 2.17. The van der Waals surface area contributed by atoms with E-state index in [0.717, 1.165) is 36.1 Å². The van der Waals surface area contributed by atoms with Gasteiger partial charge in [0.15, 0.2) is 0 Å². The molecule has 0 aliphatic carbocycles. The van der Waals surface area contributed by atoms with Gasteiger partial charge in [-0.15, -0.1) is 0 Å². The van der Waals surface area contributed by atoms with Crippen molar-refractivity contribution in [2.24, 2.45) is 0 Å². The Morgan fingerprint density at radius 1 is 1.19 bits per heavy atom. The third kappa shape index (κ3) is 5.98. The Bertz CT molecular complexity index is 530. The van der Waals surface area contributed by atoms with Crippen molar-refractivity contribution in [3.8, 4) is 0 Å². The quantitative estimate of drug-likeness (QED) is 0.647. The van der Waals surface area contributed by atoms with Crippen LogP contribution in [0.4, 0.5) is 0 Å². The number of rotatable bonds is 10. The zero-order valence-corrected chi connectivity index (χ0v) is 14.7. The molecule has 1 rings (SSSR count). The van der Waals surface area contributed by atoms with E-state index in [1.807, 2.05) is 31.8 Å². The minimum Gasteiger partial charge on any atom is -0.316 e. The topological polar surface area (TPSA) is 58.2 Å². The fourth-order valence-corrected chi connectivity index (χ4v) is 4.02. The molecule has 0 spiro atoms. The molecule has 4 nitrogen and oxygen atoms in total. The van der Waals surface area contributed by atoms with E-state index in [9.17, 15) is 8.42 Å². The molecule has 0 fully saturated rings. The average Bonchev–Trinajstić information content (AvgIpc) is 2.45. The second kappa shape index (κ2) is 9.46. The summed E-state index contributed by atoms with van der Waals surface area (Å²) in [5.41, 5.74) is 1.84. The molecule has 0 unspecified atom stereocenters. The predicted octanol–water partition coefficient (Wildman–Crippen LogP) is 2.53. The summed E-state index contributed by atoms with van der Waals surface area (Å²) in [6.45, 7) is 3.04. The van der Waals surface area contributed by atoms with Crippen LogP contribution in [0.3, 0.4) is 0 Å². The van der Waals surface area contributed by atoms with Crippen LogP contribution in [0.5, 0.6) is 0 Å². The third-order valence-electron chi connectivity index (χ3n) is 3.37. The van der Waals surface area contributed by atoms with Gasteiger partial charge >= 0.3 is 0 Å². The van der Waals surface area contributed by atoms with E-state index in [4.69, 9.17) is 0 Å². The van der Waals surface area contributed by atoms with E-state index in [-0.39, 0.29) is 0 Å². The monoisotopic (exact) mass is 330 g/mol. The van der Waals surface area contributed by atoms with Crippen molar-refractivity contribution in [3.05, 3.63) is 29.3 Å². The lowest BCUT2D eigenvalue weighted by molar-refractivity contribution is 0.575. The maximum atomic E-state index is 12.4. The van der Waals surface area contributed by atoms with Crippen LogP contribution in [0.25, 0.3) is 0 Å². The van der Waals surface area contributed by atoms with E-state index in [0.29, 0.717) is 18.0 Å². The average molecular weight is 331 g/mol. The molecule has 0 saturated heterocycles. The van der Waals surface area contributed by atoms with Crippen LogP contribution in [-0.2, 0) is 16.6 Å². The Kier molecular flexibility index (Phi) is 8.33. The normalized spacial score (nSPS) is 11.8. The summed E-state index contributed by atoms with van der Waals surface area (Å²) in [6.07, 6.45) is 5.17. The highest BCUT2D eigenvalue weighted by atomic mass is 32.2. The highest BCUT2D eigenvalue weighted by molar-refractivity contribution is 7.98. The SMILES string of the molecule is CNCc1cccc(S(=O)(=O)NCCCCCSC)c1C. The first-order valence-corrected chi connectivity index (χ1v) is 10.1. The maximum Gasteiger partial charge on any atom is 0.240 e. The molecule has 1 aromatic rings. The Morgan fingerprint density at radius 2 is 1.95 bits per heavy atom. The van der Waals surface area contributed by atoms with Crippen molar-refractivity contribution >= 4 is 21.8 Å². The first-order chi connectivity index (χ1) is 10.0. The first-order valence-electron chi connectivity index (χ1n) is 7.24. The lowest BCUT2D eigenvalue weighted by Crippen LogP contribution is -2.26. The van der Waals surface area contributed by atoms with E-state index in [2.05, 4.69) is 16.3 Å². The molecule has 0 aliphatic rings. The van der Waals surface area contributed by atoms with Crippen molar-refractivity contribution in [2.75, 3.05) is 25.6 Å². The number of hydrogen-bond donors (Lipinski definition) is 2. The van der Waals surface area contributed by atoms with Gasteiger partial charge in [0.2, 0.25) is 10.0 Å². The standard InChI is InChI=1S/C15H26N2O2S2/c1-13-14(12-16-2)8-7-9-15(13)21(18,19)17-10-5-4-6-11-20-3/h7-9,16-17H,4-6,10-12H2,1-3H3. The predicted molar refractivity (Wildman–Crippen MR) is 91.4 cm³/mol. The van der Waals surface area contributed by atoms with Crippen molar-refractivity contribution in [1.82, 2.24) is 10.0 Å². The fraction of sp³-hybridized carbons (Fsp3) is 0.600. The summed E-state index contributed by atoms with van der Waals surface area (Å²) in [6, 6.07) is 5.42. The molecule has 21 heavy (non-hydrogen) atoms. The third-order valence-corrected chi connectivity index (χ3v) is 5.67. The number of sulfonamides is 1. The van der Waals surface area contributed by atoms with Crippen molar-refractivity contribution in [3.63, 3.8) is 0 Å². The van der Waals surface area contributed by atoms with Crippen molar-refractivity contribution < 1.29 is 8.42 Å². The molecule has 0 heterocycles. The molecule has 0 aromatic heterocycles. The zero-order valence-electron chi connectivity index (χ0n) is 13.1. The molecule has 120 valence electrons. The van der Waals surface area contributed by atoms with Gasteiger partial charge in [-0.1, -0.05) is 18.6 Å².